The summed E-state index contributed by atoms with van der Waals surface area (Å²) in [6, 6.07) is 58.0. The van der Waals surface area contributed by atoms with E-state index in [0.717, 1.165) is 27.5 Å². The zero-order chi connectivity index (χ0) is 32.3. The molecule has 0 aliphatic carbocycles. The molecular formula is C45H27N3S. The van der Waals surface area contributed by atoms with Gasteiger partial charge >= 0.3 is 0 Å². The average Bonchev–Trinajstić information content (AvgIpc) is 3.52. The summed E-state index contributed by atoms with van der Waals surface area (Å²) < 4.78 is 2.60. The Kier molecular flexibility index (Phi) is 6.36. The molecular weight excluding hydrogens is 615 g/mol. The van der Waals surface area contributed by atoms with Crippen molar-refractivity contribution in [2.75, 3.05) is 0 Å². The molecule has 4 heteroatoms. The predicted molar refractivity (Wildman–Crippen MR) is 207 cm³/mol. The van der Waals surface area contributed by atoms with Crippen molar-refractivity contribution < 1.29 is 0 Å². The summed E-state index contributed by atoms with van der Waals surface area (Å²) in [5.41, 5.74) is 5.35. The lowest BCUT2D eigenvalue weighted by atomic mass is 9.88. The van der Waals surface area contributed by atoms with E-state index in [1.54, 1.807) is 0 Å². The molecule has 2 heterocycles. The van der Waals surface area contributed by atoms with Gasteiger partial charge in [0.25, 0.3) is 0 Å². The number of aromatic nitrogens is 3. The van der Waals surface area contributed by atoms with Gasteiger partial charge in [-0.25, -0.2) is 15.0 Å². The first-order chi connectivity index (χ1) is 24.3. The van der Waals surface area contributed by atoms with Gasteiger partial charge in [0.2, 0.25) is 0 Å². The fourth-order valence-corrected chi connectivity index (χ4v) is 8.39. The van der Waals surface area contributed by atoms with Crippen molar-refractivity contribution in [2.45, 2.75) is 0 Å². The van der Waals surface area contributed by atoms with E-state index >= 15 is 0 Å². The van der Waals surface area contributed by atoms with Crippen molar-refractivity contribution in [3.8, 4) is 45.3 Å². The summed E-state index contributed by atoms with van der Waals surface area (Å²) in [7, 11) is 0. The molecule has 0 aliphatic rings. The summed E-state index contributed by atoms with van der Waals surface area (Å²) in [6.07, 6.45) is 0. The number of hydrogen-bond donors (Lipinski definition) is 0. The second-order valence-corrected chi connectivity index (χ2v) is 13.5. The van der Waals surface area contributed by atoms with Gasteiger partial charge in [-0.3, -0.25) is 0 Å². The molecule has 2 aromatic heterocycles. The van der Waals surface area contributed by atoms with Crippen LogP contribution in [0.3, 0.4) is 0 Å². The van der Waals surface area contributed by atoms with E-state index in [1.807, 2.05) is 47.7 Å². The van der Waals surface area contributed by atoms with Gasteiger partial charge < -0.3 is 0 Å². The van der Waals surface area contributed by atoms with E-state index in [2.05, 4.69) is 127 Å². The number of hydrogen-bond acceptors (Lipinski definition) is 4. The highest BCUT2D eigenvalue weighted by molar-refractivity contribution is 7.25. The normalized spacial score (nSPS) is 11.7. The Morgan fingerprint density at radius 3 is 1.37 bits per heavy atom. The molecule has 10 rings (SSSR count). The van der Waals surface area contributed by atoms with Gasteiger partial charge in [-0.05, 0) is 61.6 Å². The molecule has 3 nitrogen and oxygen atoms in total. The average molecular weight is 642 g/mol. The Morgan fingerprint density at radius 1 is 0.306 bits per heavy atom. The van der Waals surface area contributed by atoms with E-state index in [9.17, 15) is 0 Å². The van der Waals surface area contributed by atoms with E-state index in [-0.39, 0.29) is 0 Å². The standard InChI is InChI=1S/C45H27N3S/c1-3-13-28(14-4-1)43-46-44(29-15-5-2-6-16-29)48-45(47-43)42-36-21-11-9-19-34(36)41(35-20-10-12-22-37(35)42)32-23-24-33-38-25-30-17-7-8-18-31(30)26-40(38)49-39(33)27-32/h1-27H. The molecule has 0 N–H and O–H groups in total. The molecule has 0 spiro atoms. The first kappa shape index (κ1) is 27.8. The first-order valence-electron chi connectivity index (χ1n) is 16.4. The third-order valence-corrected chi connectivity index (χ3v) is 10.6. The van der Waals surface area contributed by atoms with Crippen LogP contribution in [0.4, 0.5) is 0 Å². The maximum Gasteiger partial charge on any atom is 0.165 e. The van der Waals surface area contributed by atoms with Crippen molar-refractivity contribution in [1.29, 1.82) is 0 Å². The number of fused-ring (bicyclic) bond motifs is 6. The van der Waals surface area contributed by atoms with Gasteiger partial charge in [0.1, 0.15) is 0 Å². The Hall–Kier alpha value is -6.23. The molecule has 0 saturated heterocycles. The van der Waals surface area contributed by atoms with Gasteiger partial charge in [-0.1, -0.05) is 146 Å². The minimum atomic E-state index is 0.657. The molecule has 0 amide bonds. The molecule has 0 radical (unpaired) electrons. The fraction of sp³-hybridized carbons (Fsp3) is 0. The smallest absolute Gasteiger partial charge is 0.165 e. The summed E-state index contributed by atoms with van der Waals surface area (Å²) in [5, 5.41) is 9.73. The zero-order valence-corrected chi connectivity index (χ0v) is 27.2. The molecule has 8 aromatic carbocycles. The number of thiophene rings is 1. The molecule has 0 unspecified atom stereocenters. The number of nitrogens with zero attached hydrogens (tertiary/aromatic N) is 3. The van der Waals surface area contributed by atoms with Crippen LogP contribution in [0, 0.1) is 0 Å². The molecule has 0 saturated carbocycles. The van der Waals surface area contributed by atoms with Gasteiger partial charge in [0, 0.05) is 36.9 Å². The molecule has 10 aromatic rings. The van der Waals surface area contributed by atoms with Crippen LogP contribution in [0.5, 0.6) is 0 Å². The lowest BCUT2D eigenvalue weighted by Crippen LogP contribution is -2.01. The lowest BCUT2D eigenvalue weighted by molar-refractivity contribution is 1.08. The monoisotopic (exact) mass is 641 g/mol. The minimum absolute atomic E-state index is 0.657. The van der Waals surface area contributed by atoms with Crippen LogP contribution in [-0.4, -0.2) is 15.0 Å². The van der Waals surface area contributed by atoms with Crippen molar-refractivity contribution >= 4 is 63.8 Å². The van der Waals surface area contributed by atoms with Gasteiger partial charge in [-0.2, -0.15) is 0 Å². The highest BCUT2D eigenvalue weighted by atomic mass is 32.1. The Labute approximate surface area is 286 Å². The van der Waals surface area contributed by atoms with E-state index in [1.165, 1.54) is 52.8 Å². The van der Waals surface area contributed by atoms with Crippen molar-refractivity contribution in [3.05, 3.63) is 164 Å². The van der Waals surface area contributed by atoms with E-state index in [0.29, 0.717) is 17.5 Å². The minimum Gasteiger partial charge on any atom is -0.208 e. The van der Waals surface area contributed by atoms with Crippen LogP contribution < -0.4 is 0 Å². The predicted octanol–water partition coefficient (Wildman–Crippen LogP) is 12.4. The molecule has 0 atom stereocenters. The van der Waals surface area contributed by atoms with Crippen LogP contribution in [0.1, 0.15) is 0 Å². The highest BCUT2D eigenvalue weighted by Crippen LogP contribution is 2.45. The van der Waals surface area contributed by atoms with Gasteiger partial charge in [0.15, 0.2) is 17.5 Å². The molecule has 0 bridgehead atoms. The van der Waals surface area contributed by atoms with Crippen LogP contribution in [0.15, 0.2) is 164 Å². The lowest BCUT2D eigenvalue weighted by Gasteiger charge is -2.17. The van der Waals surface area contributed by atoms with Crippen LogP contribution >= 0.6 is 11.3 Å². The summed E-state index contributed by atoms with van der Waals surface area (Å²) in [5.74, 6) is 1.98. The molecule has 49 heavy (non-hydrogen) atoms. The number of rotatable bonds is 4. The van der Waals surface area contributed by atoms with E-state index < -0.39 is 0 Å². The van der Waals surface area contributed by atoms with Gasteiger partial charge in [0.05, 0.1) is 0 Å². The molecule has 0 fully saturated rings. The third-order valence-electron chi connectivity index (χ3n) is 9.48. The number of benzene rings is 8. The molecule has 0 aliphatic heterocycles. The zero-order valence-electron chi connectivity index (χ0n) is 26.3. The SMILES string of the molecule is c1ccc(-c2nc(-c3ccccc3)nc(-c3c4ccccc4c(-c4ccc5c(c4)sc4cc6ccccc6cc45)c4ccccc34)n2)cc1. The Morgan fingerprint density at radius 2 is 0.776 bits per heavy atom. The van der Waals surface area contributed by atoms with Crippen LogP contribution in [0.25, 0.3) is 97.8 Å². The second kappa shape index (κ2) is 11.2. The largest absolute Gasteiger partial charge is 0.208 e. The summed E-state index contributed by atoms with van der Waals surface area (Å²) in [4.78, 5) is 15.3. The van der Waals surface area contributed by atoms with Crippen molar-refractivity contribution in [3.63, 3.8) is 0 Å². The van der Waals surface area contributed by atoms with Crippen LogP contribution in [0.2, 0.25) is 0 Å². The Bertz CT molecular complexity index is 2760. The van der Waals surface area contributed by atoms with Gasteiger partial charge in [-0.15, -0.1) is 11.3 Å². The summed E-state index contributed by atoms with van der Waals surface area (Å²) in [6.45, 7) is 0. The topological polar surface area (TPSA) is 38.7 Å². The van der Waals surface area contributed by atoms with E-state index in [4.69, 9.17) is 15.0 Å². The Balaban J connectivity index is 1.24. The quantitative estimate of drug-likeness (QED) is 0.180. The van der Waals surface area contributed by atoms with Crippen molar-refractivity contribution in [2.24, 2.45) is 0 Å². The third kappa shape index (κ3) is 4.61. The second-order valence-electron chi connectivity index (χ2n) is 12.4. The highest BCUT2D eigenvalue weighted by Gasteiger charge is 2.21. The first-order valence-corrected chi connectivity index (χ1v) is 17.3. The molecule has 228 valence electrons. The van der Waals surface area contributed by atoms with Crippen molar-refractivity contribution in [1.82, 2.24) is 15.0 Å². The van der Waals surface area contributed by atoms with Crippen LogP contribution in [-0.2, 0) is 0 Å². The maximum absolute atomic E-state index is 5.17. The summed E-state index contributed by atoms with van der Waals surface area (Å²) >= 11 is 1.87. The maximum atomic E-state index is 5.17. The fourth-order valence-electron chi connectivity index (χ4n) is 7.22.